The van der Waals surface area contributed by atoms with Gasteiger partial charge in [-0.05, 0) is 65.2 Å². The third-order valence-corrected chi connectivity index (χ3v) is 6.29. The second-order valence-electron chi connectivity index (χ2n) is 10.4. The predicted octanol–water partition coefficient (Wildman–Crippen LogP) is 6.04. The standard InChI is InChI=1S/C23H42N2O2/c1-11-23(12-2,19-24-17(13-15(3)4)21(7,8)26-19)20-25-18(14-16(5)6)22(9,10)27-20/h15-18H,11-14H2,1-10H3/t17-,18-/m0/s1. The van der Waals surface area contributed by atoms with E-state index in [0.717, 1.165) is 37.5 Å². The van der Waals surface area contributed by atoms with Crippen molar-refractivity contribution in [3.05, 3.63) is 0 Å². The van der Waals surface area contributed by atoms with Crippen molar-refractivity contribution in [2.24, 2.45) is 27.2 Å². The summed E-state index contributed by atoms with van der Waals surface area (Å²) in [5.41, 5.74) is -0.908. The number of hydrogen-bond donors (Lipinski definition) is 0. The van der Waals surface area contributed by atoms with Crippen LogP contribution in [0.2, 0.25) is 0 Å². The van der Waals surface area contributed by atoms with Crippen LogP contribution in [0.3, 0.4) is 0 Å². The van der Waals surface area contributed by atoms with E-state index in [0.29, 0.717) is 11.8 Å². The van der Waals surface area contributed by atoms with E-state index in [-0.39, 0.29) is 28.7 Å². The second kappa shape index (κ2) is 7.75. The molecule has 2 rings (SSSR count). The maximum atomic E-state index is 6.50. The first-order valence-electron chi connectivity index (χ1n) is 10.9. The van der Waals surface area contributed by atoms with Gasteiger partial charge in [0.2, 0.25) is 0 Å². The lowest BCUT2D eigenvalue weighted by Gasteiger charge is -2.34. The summed E-state index contributed by atoms with van der Waals surface area (Å²) >= 11 is 0. The number of nitrogens with zero attached hydrogens (tertiary/aromatic N) is 2. The minimum absolute atomic E-state index is 0.187. The summed E-state index contributed by atoms with van der Waals surface area (Å²) < 4.78 is 13.0. The molecule has 2 heterocycles. The van der Waals surface area contributed by atoms with Crippen molar-refractivity contribution in [3.8, 4) is 0 Å². The maximum absolute atomic E-state index is 6.50. The van der Waals surface area contributed by atoms with Gasteiger partial charge in [0.25, 0.3) is 0 Å². The zero-order valence-corrected chi connectivity index (χ0v) is 19.3. The van der Waals surface area contributed by atoms with Crippen LogP contribution in [0.15, 0.2) is 9.98 Å². The Bertz CT molecular complexity index is 535. The van der Waals surface area contributed by atoms with E-state index in [4.69, 9.17) is 19.5 Å². The first-order chi connectivity index (χ1) is 12.4. The van der Waals surface area contributed by atoms with Crippen LogP contribution in [-0.4, -0.2) is 35.1 Å². The fourth-order valence-electron chi connectivity index (χ4n) is 4.24. The van der Waals surface area contributed by atoms with E-state index >= 15 is 0 Å². The van der Waals surface area contributed by atoms with Gasteiger partial charge in [-0.15, -0.1) is 0 Å². The van der Waals surface area contributed by atoms with Crippen LogP contribution in [0, 0.1) is 17.3 Å². The molecule has 0 aliphatic carbocycles. The molecule has 0 saturated heterocycles. The summed E-state index contributed by atoms with van der Waals surface area (Å²) in [6.07, 6.45) is 3.84. The fourth-order valence-corrected chi connectivity index (χ4v) is 4.24. The summed E-state index contributed by atoms with van der Waals surface area (Å²) in [7, 11) is 0. The summed E-state index contributed by atoms with van der Waals surface area (Å²) in [5.74, 6) is 2.85. The van der Waals surface area contributed by atoms with E-state index in [9.17, 15) is 0 Å². The van der Waals surface area contributed by atoms with E-state index < -0.39 is 0 Å². The van der Waals surface area contributed by atoms with Gasteiger partial charge < -0.3 is 9.47 Å². The van der Waals surface area contributed by atoms with Crippen LogP contribution < -0.4 is 0 Å². The molecule has 2 aliphatic heterocycles. The molecule has 4 heteroatoms. The molecule has 4 nitrogen and oxygen atoms in total. The van der Waals surface area contributed by atoms with Gasteiger partial charge in [-0.3, -0.25) is 0 Å². The van der Waals surface area contributed by atoms with E-state index in [1.807, 2.05) is 0 Å². The van der Waals surface area contributed by atoms with Gasteiger partial charge in [-0.1, -0.05) is 41.5 Å². The smallest absolute Gasteiger partial charge is 0.200 e. The van der Waals surface area contributed by atoms with Gasteiger partial charge in [0.05, 0.1) is 12.1 Å². The van der Waals surface area contributed by atoms with Crippen molar-refractivity contribution in [2.45, 2.75) is 118 Å². The molecule has 27 heavy (non-hydrogen) atoms. The monoisotopic (exact) mass is 378 g/mol. The van der Waals surface area contributed by atoms with Crippen molar-refractivity contribution < 1.29 is 9.47 Å². The highest BCUT2D eigenvalue weighted by molar-refractivity contribution is 6.06. The van der Waals surface area contributed by atoms with E-state index in [2.05, 4.69) is 69.2 Å². The van der Waals surface area contributed by atoms with Gasteiger partial charge in [-0.2, -0.15) is 0 Å². The normalized spacial score (nSPS) is 26.8. The molecule has 0 fully saturated rings. The number of hydrogen-bond acceptors (Lipinski definition) is 4. The SMILES string of the molecule is CCC(CC)(C1=N[C@@H](CC(C)C)C(C)(C)O1)C1=N[C@@H](CC(C)C)C(C)(C)O1. The lowest BCUT2D eigenvalue weighted by Crippen LogP contribution is -2.43. The Morgan fingerprint density at radius 3 is 1.37 bits per heavy atom. The molecule has 0 spiro atoms. The Hall–Kier alpha value is -1.06. The molecule has 156 valence electrons. The lowest BCUT2D eigenvalue weighted by molar-refractivity contribution is 0.0627. The molecule has 0 aromatic carbocycles. The Labute approximate surface area is 167 Å². The molecular formula is C23H42N2O2. The molecule has 2 aliphatic rings. The molecular weight excluding hydrogens is 336 g/mol. The zero-order chi connectivity index (χ0) is 20.6. The molecule has 0 saturated carbocycles. The predicted molar refractivity (Wildman–Crippen MR) is 115 cm³/mol. The highest BCUT2D eigenvalue weighted by atomic mass is 16.5. The largest absolute Gasteiger partial charge is 0.472 e. The fraction of sp³-hybridized carbons (Fsp3) is 0.913. The molecule has 0 unspecified atom stereocenters. The van der Waals surface area contributed by atoms with Crippen molar-refractivity contribution in [2.75, 3.05) is 0 Å². The highest BCUT2D eigenvalue weighted by Crippen LogP contribution is 2.44. The Balaban J connectivity index is 2.41. The van der Waals surface area contributed by atoms with Crippen LogP contribution in [0.1, 0.15) is 94.9 Å². The van der Waals surface area contributed by atoms with Gasteiger partial charge in [0, 0.05) is 0 Å². The van der Waals surface area contributed by atoms with Crippen LogP contribution >= 0.6 is 0 Å². The zero-order valence-electron chi connectivity index (χ0n) is 19.3. The van der Waals surface area contributed by atoms with Crippen LogP contribution in [0.4, 0.5) is 0 Å². The summed E-state index contributed by atoms with van der Waals surface area (Å²) in [6.45, 7) is 22.0. The van der Waals surface area contributed by atoms with Crippen LogP contribution in [0.5, 0.6) is 0 Å². The third kappa shape index (κ3) is 4.35. The van der Waals surface area contributed by atoms with E-state index in [1.165, 1.54) is 0 Å². The first kappa shape index (κ1) is 22.2. The lowest BCUT2D eigenvalue weighted by atomic mass is 9.81. The topological polar surface area (TPSA) is 43.2 Å². The molecule has 0 amide bonds. The van der Waals surface area contributed by atoms with Gasteiger partial charge in [0.1, 0.15) is 16.6 Å². The Morgan fingerprint density at radius 2 is 1.11 bits per heavy atom. The van der Waals surface area contributed by atoms with Crippen molar-refractivity contribution >= 4 is 11.8 Å². The molecule has 0 N–H and O–H groups in total. The third-order valence-electron chi connectivity index (χ3n) is 6.29. The van der Waals surface area contributed by atoms with Crippen molar-refractivity contribution in [1.29, 1.82) is 0 Å². The van der Waals surface area contributed by atoms with Gasteiger partial charge >= 0.3 is 0 Å². The molecule has 0 aromatic rings. The Morgan fingerprint density at radius 1 is 0.778 bits per heavy atom. The Kier molecular flexibility index (Phi) is 6.38. The maximum Gasteiger partial charge on any atom is 0.200 e. The quantitative estimate of drug-likeness (QED) is 0.517. The van der Waals surface area contributed by atoms with Crippen molar-refractivity contribution in [3.63, 3.8) is 0 Å². The van der Waals surface area contributed by atoms with Gasteiger partial charge in [0.15, 0.2) is 11.8 Å². The molecule has 0 bridgehead atoms. The first-order valence-corrected chi connectivity index (χ1v) is 10.9. The average Bonchev–Trinajstić information content (AvgIpc) is 2.97. The van der Waals surface area contributed by atoms with Crippen LogP contribution in [0.25, 0.3) is 0 Å². The van der Waals surface area contributed by atoms with E-state index in [1.54, 1.807) is 0 Å². The summed E-state index contributed by atoms with van der Waals surface area (Å²) in [6, 6.07) is 0.373. The minimum atomic E-state index is -0.355. The molecule has 2 atom stereocenters. The molecule has 0 radical (unpaired) electrons. The summed E-state index contributed by atoms with van der Waals surface area (Å²) in [4.78, 5) is 10.2. The minimum Gasteiger partial charge on any atom is -0.472 e. The molecule has 0 aromatic heterocycles. The van der Waals surface area contributed by atoms with Crippen molar-refractivity contribution in [1.82, 2.24) is 0 Å². The highest BCUT2D eigenvalue weighted by Gasteiger charge is 2.53. The number of rotatable bonds is 8. The average molecular weight is 379 g/mol. The second-order valence-corrected chi connectivity index (χ2v) is 10.4. The number of ether oxygens (including phenoxy) is 2. The summed E-state index contributed by atoms with van der Waals surface area (Å²) in [5, 5.41) is 0. The number of aliphatic imine (C=N–C) groups is 2. The van der Waals surface area contributed by atoms with Crippen LogP contribution in [-0.2, 0) is 9.47 Å². The van der Waals surface area contributed by atoms with Gasteiger partial charge in [-0.25, -0.2) is 9.98 Å².